The van der Waals surface area contributed by atoms with Gasteiger partial charge in [-0.05, 0) is 39.2 Å². The Labute approximate surface area is 211 Å². The van der Waals surface area contributed by atoms with Crippen LogP contribution in [0.5, 0.6) is 0 Å². The zero-order chi connectivity index (χ0) is 24.2. The lowest BCUT2D eigenvalue weighted by molar-refractivity contribution is -0.119. The maximum atomic E-state index is 12.6. The first kappa shape index (κ1) is 24.1. The lowest BCUT2D eigenvalue weighted by Gasteiger charge is -2.33. The van der Waals surface area contributed by atoms with Crippen LogP contribution in [0.4, 0.5) is 10.9 Å². The van der Waals surface area contributed by atoms with Crippen LogP contribution in [0.3, 0.4) is 0 Å². The number of amides is 1. The minimum atomic E-state index is 0.0271. The van der Waals surface area contributed by atoms with Crippen LogP contribution in [0.2, 0.25) is 0 Å². The van der Waals surface area contributed by atoms with Gasteiger partial charge in [-0.1, -0.05) is 60.9 Å². The average molecular weight is 496 g/mol. The lowest BCUT2D eigenvalue weighted by atomic mass is 10.0. The van der Waals surface area contributed by atoms with Crippen LogP contribution in [-0.2, 0) is 4.79 Å². The minimum Gasteiger partial charge on any atom is -0.365 e. The molecule has 1 amide bonds. The molecule has 188 valence electrons. The second kappa shape index (κ2) is 11.0. The van der Waals surface area contributed by atoms with Crippen molar-refractivity contribution in [3.63, 3.8) is 0 Å². The maximum absolute atomic E-state index is 12.6. The first-order valence-electron chi connectivity index (χ1n) is 13.0. The Morgan fingerprint density at radius 2 is 1.91 bits per heavy atom. The maximum Gasteiger partial charge on any atom is 0.239 e. The number of likely N-dealkylation sites (tertiary alicyclic amines) is 1. The number of fused-ring (bicyclic) bond motifs is 1. The first-order valence-corrected chi connectivity index (χ1v) is 13.8. The predicted molar refractivity (Wildman–Crippen MR) is 143 cm³/mol. The molecule has 5 rings (SSSR count). The topological polar surface area (TPSA) is 77.8 Å². The summed E-state index contributed by atoms with van der Waals surface area (Å²) in [5.41, 5.74) is 2.03. The standard InChI is InChI=1S/C26H37N7OS/c1-19-10-8-9-16-32(19)17-15-27-22(34)18-31(2)26-30-33-24(28-21-13-6-7-14-21)23(29-25(33)35-26)20-11-4-3-5-12-20/h3-5,11-12,19,21,28H,6-10,13-18H2,1-2H3,(H,27,34)/t19-/m0/s1. The van der Waals surface area contributed by atoms with Gasteiger partial charge in [0, 0.05) is 37.8 Å². The molecular formula is C26H37N7OS. The van der Waals surface area contributed by atoms with Crippen LogP contribution in [-0.4, -0.2) is 70.7 Å². The summed E-state index contributed by atoms with van der Waals surface area (Å²) in [7, 11) is 1.92. The van der Waals surface area contributed by atoms with E-state index in [9.17, 15) is 4.79 Å². The van der Waals surface area contributed by atoms with E-state index in [-0.39, 0.29) is 12.5 Å². The number of likely N-dealkylation sites (N-methyl/N-ethyl adjacent to an activating group) is 1. The highest BCUT2D eigenvalue weighted by molar-refractivity contribution is 7.20. The van der Waals surface area contributed by atoms with Gasteiger partial charge in [0.2, 0.25) is 16.0 Å². The van der Waals surface area contributed by atoms with E-state index in [1.54, 1.807) is 0 Å². The lowest BCUT2D eigenvalue weighted by Crippen LogP contribution is -2.44. The summed E-state index contributed by atoms with van der Waals surface area (Å²) in [4.78, 5) is 22.8. The van der Waals surface area contributed by atoms with Gasteiger partial charge in [0.05, 0.1) is 6.54 Å². The molecule has 35 heavy (non-hydrogen) atoms. The van der Waals surface area contributed by atoms with Gasteiger partial charge in [0.25, 0.3) is 0 Å². The van der Waals surface area contributed by atoms with E-state index in [1.165, 1.54) is 56.3 Å². The first-order chi connectivity index (χ1) is 17.1. The fourth-order valence-electron chi connectivity index (χ4n) is 5.25. The highest BCUT2D eigenvalue weighted by Gasteiger charge is 2.24. The Morgan fingerprint density at radius 3 is 2.69 bits per heavy atom. The Bertz CT molecular complexity index is 1120. The van der Waals surface area contributed by atoms with Gasteiger partial charge in [0.15, 0.2) is 5.82 Å². The Hall–Kier alpha value is -2.65. The third-order valence-corrected chi connectivity index (χ3v) is 8.33. The van der Waals surface area contributed by atoms with Crippen molar-refractivity contribution < 1.29 is 4.79 Å². The number of hydrogen-bond donors (Lipinski definition) is 2. The molecule has 0 spiro atoms. The Balaban J connectivity index is 1.26. The number of imidazole rings is 1. The zero-order valence-electron chi connectivity index (χ0n) is 20.9. The number of carbonyl (C=O) groups excluding carboxylic acids is 1. The van der Waals surface area contributed by atoms with E-state index in [1.807, 2.05) is 34.7 Å². The van der Waals surface area contributed by atoms with Crippen LogP contribution in [0, 0.1) is 0 Å². The van der Waals surface area contributed by atoms with Crippen molar-refractivity contribution in [1.82, 2.24) is 24.8 Å². The summed E-state index contributed by atoms with van der Waals surface area (Å²) < 4.78 is 1.92. The van der Waals surface area contributed by atoms with Crippen molar-refractivity contribution in [3.8, 4) is 11.3 Å². The highest BCUT2D eigenvalue weighted by atomic mass is 32.1. The molecule has 1 aliphatic heterocycles. The van der Waals surface area contributed by atoms with E-state index < -0.39 is 0 Å². The molecule has 2 N–H and O–H groups in total. The van der Waals surface area contributed by atoms with Crippen LogP contribution in [0.25, 0.3) is 16.2 Å². The number of anilines is 2. The molecule has 0 bridgehead atoms. The number of nitrogens with zero attached hydrogens (tertiary/aromatic N) is 5. The summed E-state index contributed by atoms with van der Waals surface area (Å²) in [6, 6.07) is 11.4. The van der Waals surface area contributed by atoms with E-state index in [0.29, 0.717) is 18.6 Å². The third-order valence-electron chi connectivity index (χ3n) is 7.31. The molecule has 1 aromatic carbocycles. The van der Waals surface area contributed by atoms with Crippen molar-refractivity contribution >= 4 is 33.2 Å². The molecular weight excluding hydrogens is 458 g/mol. The van der Waals surface area contributed by atoms with Gasteiger partial charge >= 0.3 is 0 Å². The molecule has 1 saturated heterocycles. The molecule has 3 aromatic rings. The molecule has 2 fully saturated rings. The molecule has 0 unspecified atom stereocenters. The number of rotatable bonds is 9. The summed E-state index contributed by atoms with van der Waals surface area (Å²) >= 11 is 1.52. The second-order valence-corrected chi connectivity index (χ2v) is 10.9. The molecule has 1 aliphatic carbocycles. The molecule has 8 nitrogen and oxygen atoms in total. The predicted octanol–water partition coefficient (Wildman–Crippen LogP) is 4.24. The Kier molecular flexibility index (Phi) is 7.53. The fourth-order valence-corrected chi connectivity index (χ4v) is 6.11. The minimum absolute atomic E-state index is 0.0271. The van der Waals surface area contributed by atoms with Gasteiger partial charge in [-0.3, -0.25) is 9.69 Å². The van der Waals surface area contributed by atoms with Crippen LogP contribution < -0.4 is 15.5 Å². The van der Waals surface area contributed by atoms with Crippen molar-refractivity contribution in [2.75, 3.05) is 43.4 Å². The van der Waals surface area contributed by atoms with Gasteiger partial charge < -0.3 is 15.5 Å². The molecule has 1 atom stereocenters. The number of hydrogen-bond acceptors (Lipinski definition) is 7. The van der Waals surface area contributed by atoms with Crippen molar-refractivity contribution in [2.24, 2.45) is 0 Å². The smallest absolute Gasteiger partial charge is 0.239 e. The normalized spacial score (nSPS) is 19.3. The van der Waals surface area contributed by atoms with Crippen molar-refractivity contribution in [3.05, 3.63) is 30.3 Å². The van der Waals surface area contributed by atoms with E-state index in [2.05, 4.69) is 34.6 Å². The number of benzene rings is 1. The number of aromatic nitrogens is 3. The average Bonchev–Trinajstić information content (AvgIpc) is 3.59. The largest absolute Gasteiger partial charge is 0.365 e. The van der Waals surface area contributed by atoms with Crippen LogP contribution >= 0.6 is 11.3 Å². The molecule has 0 radical (unpaired) electrons. The summed E-state index contributed by atoms with van der Waals surface area (Å²) in [5, 5.41) is 12.5. The summed E-state index contributed by atoms with van der Waals surface area (Å²) in [6.45, 7) is 5.31. The number of nitrogens with one attached hydrogen (secondary N) is 2. The molecule has 9 heteroatoms. The molecule has 1 saturated carbocycles. The molecule has 2 aliphatic rings. The van der Waals surface area contributed by atoms with Gasteiger partial charge in [-0.15, -0.1) is 5.10 Å². The second-order valence-electron chi connectivity index (χ2n) is 9.97. The summed E-state index contributed by atoms with van der Waals surface area (Å²) in [5.74, 6) is 0.980. The monoisotopic (exact) mass is 495 g/mol. The molecule has 2 aromatic heterocycles. The van der Waals surface area contributed by atoms with Gasteiger partial charge in [0.1, 0.15) is 5.69 Å². The van der Waals surface area contributed by atoms with Crippen molar-refractivity contribution in [1.29, 1.82) is 0 Å². The number of piperidine rings is 1. The summed E-state index contributed by atoms with van der Waals surface area (Å²) in [6.07, 6.45) is 8.71. The van der Waals surface area contributed by atoms with E-state index in [4.69, 9.17) is 10.1 Å². The fraction of sp³-hybridized carbons (Fsp3) is 0.577. The van der Waals surface area contributed by atoms with Crippen LogP contribution in [0.15, 0.2) is 30.3 Å². The van der Waals surface area contributed by atoms with Crippen molar-refractivity contribution in [2.45, 2.75) is 64.0 Å². The molecule has 3 heterocycles. The third kappa shape index (κ3) is 5.62. The zero-order valence-corrected chi connectivity index (χ0v) is 21.7. The van der Waals surface area contributed by atoms with E-state index >= 15 is 0 Å². The van der Waals surface area contributed by atoms with E-state index in [0.717, 1.165) is 40.3 Å². The van der Waals surface area contributed by atoms with Crippen LogP contribution in [0.1, 0.15) is 51.9 Å². The SMILES string of the molecule is C[C@H]1CCCCN1CCNC(=O)CN(C)c1nn2c(NC3CCCC3)c(-c3ccccc3)nc2s1. The highest BCUT2D eigenvalue weighted by Crippen LogP contribution is 2.35. The quantitative estimate of drug-likeness (QED) is 0.462. The van der Waals surface area contributed by atoms with Gasteiger partial charge in [-0.25, -0.2) is 4.98 Å². The Morgan fingerprint density at radius 1 is 1.14 bits per heavy atom. The van der Waals surface area contributed by atoms with Gasteiger partial charge in [-0.2, -0.15) is 4.52 Å². The number of carbonyl (C=O) groups is 1.